The number of amides is 2. The van der Waals surface area contributed by atoms with Gasteiger partial charge >= 0.3 is 0 Å². The number of sulfonamides is 1. The molecule has 0 bridgehead atoms. The van der Waals surface area contributed by atoms with Crippen molar-refractivity contribution in [2.75, 3.05) is 12.4 Å². The van der Waals surface area contributed by atoms with Crippen LogP contribution >= 0.6 is 12.2 Å². The molecular weight excluding hydrogens is 402 g/mol. The van der Waals surface area contributed by atoms with Crippen molar-refractivity contribution in [3.05, 3.63) is 53.6 Å². The van der Waals surface area contributed by atoms with Crippen molar-refractivity contribution in [1.29, 1.82) is 0 Å². The van der Waals surface area contributed by atoms with Gasteiger partial charge in [0.1, 0.15) is 5.75 Å². The Kier molecular flexibility index (Phi) is 6.71. The van der Waals surface area contributed by atoms with Crippen LogP contribution in [0.25, 0.3) is 0 Å². The summed E-state index contributed by atoms with van der Waals surface area (Å²) in [6.45, 7) is 2.93. The molecule has 0 heterocycles. The topological polar surface area (TPSA) is 114 Å². The number of carbonyl (C=O) groups is 2. The first-order valence-corrected chi connectivity index (χ1v) is 9.92. The van der Waals surface area contributed by atoms with Gasteiger partial charge in [-0.1, -0.05) is 12.1 Å². The Morgan fingerprint density at radius 2 is 1.71 bits per heavy atom. The molecule has 148 valence electrons. The maximum absolute atomic E-state index is 12.4. The van der Waals surface area contributed by atoms with Gasteiger partial charge in [0, 0.05) is 12.6 Å². The largest absolute Gasteiger partial charge is 0.496 e. The van der Waals surface area contributed by atoms with E-state index >= 15 is 0 Å². The number of anilines is 1. The van der Waals surface area contributed by atoms with E-state index in [2.05, 4.69) is 10.6 Å². The quantitative estimate of drug-likeness (QED) is 0.633. The Hall–Kier alpha value is -2.98. The fourth-order valence-electron chi connectivity index (χ4n) is 2.40. The first-order chi connectivity index (χ1) is 13.1. The van der Waals surface area contributed by atoms with E-state index in [-0.39, 0.29) is 10.0 Å². The van der Waals surface area contributed by atoms with Gasteiger partial charge in [-0.25, -0.2) is 13.1 Å². The number of carbonyl (C=O) groups excluding carboxylic acids is 2. The Labute approximate surface area is 168 Å². The molecule has 0 saturated heterocycles. The molecule has 2 aromatic rings. The summed E-state index contributed by atoms with van der Waals surface area (Å²) < 4.78 is 31.0. The van der Waals surface area contributed by atoms with Crippen LogP contribution in [-0.4, -0.2) is 32.5 Å². The average molecular weight is 422 g/mol. The van der Waals surface area contributed by atoms with Crippen molar-refractivity contribution in [3.63, 3.8) is 0 Å². The molecular formula is C18H19N3O5S2. The highest BCUT2D eigenvalue weighted by Crippen LogP contribution is 2.22. The molecule has 0 aliphatic rings. The van der Waals surface area contributed by atoms with Crippen LogP contribution in [-0.2, 0) is 14.8 Å². The maximum atomic E-state index is 12.4. The molecule has 3 N–H and O–H groups in total. The zero-order valence-corrected chi connectivity index (χ0v) is 17.0. The summed E-state index contributed by atoms with van der Waals surface area (Å²) in [6, 6.07) is 10.7. The van der Waals surface area contributed by atoms with Crippen LogP contribution in [0.5, 0.6) is 5.75 Å². The zero-order chi connectivity index (χ0) is 20.9. The monoisotopic (exact) mass is 421 g/mol. The molecule has 8 nitrogen and oxygen atoms in total. The number of nitrogens with one attached hydrogen (secondary N) is 3. The predicted molar refractivity (Wildman–Crippen MR) is 109 cm³/mol. The third-order valence-corrected chi connectivity index (χ3v) is 5.24. The van der Waals surface area contributed by atoms with Gasteiger partial charge in [-0.3, -0.25) is 14.9 Å². The van der Waals surface area contributed by atoms with E-state index in [9.17, 15) is 18.0 Å². The van der Waals surface area contributed by atoms with Crippen LogP contribution in [0.4, 0.5) is 5.69 Å². The molecule has 2 amide bonds. The molecule has 0 unspecified atom stereocenters. The highest BCUT2D eigenvalue weighted by molar-refractivity contribution is 7.90. The summed E-state index contributed by atoms with van der Waals surface area (Å²) in [5, 5.41) is 5.37. The highest BCUT2D eigenvalue weighted by atomic mass is 32.2. The molecule has 0 radical (unpaired) electrons. The van der Waals surface area contributed by atoms with Gasteiger partial charge < -0.3 is 10.1 Å². The van der Waals surface area contributed by atoms with Gasteiger partial charge in [-0.05, 0) is 55.0 Å². The molecule has 0 fully saturated rings. The summed E-state index contributed by atoms with van der Waals surface area (Å²) in [5.41, 5.74) is 1.61. The molecule has 0 atom stereocenters. The average Bonchev–Trinajstić information content (AvgIpc) is 2.60. The molecule has 0 spiro atoms. The summed E-state index contributed by atoms with van der Waals surface area (Å²) >= 11 is 5.13. The Morgan fingerprint density at radius 3 is 2.29 bits per heavy atom. The predicted octanol–water partition coefficient (Wildman–Crippen LogP) is 1.96. The van der Waals surface area contributed by atoms with E-state index in [1.165, 1.54) is 31.4 Å². The van der Waals surface area contributed by atoms with E-state index < -0.39 is 21.8 Å². The molecule has 2 rings (SSSR count). The molecule has 2 aromatic carbocycles. The van der Waals surface area contributed by atoms with Crippen LogP contribution in [0.2, 0.25) is 0 Å². The number of rotatable bonds is 5. The molecule has 0 aliphatic carbocycles. The minimum absolute atomic E-state index is 0.0334. The zero-order valence-electron chi connectivity index (χ0n) is 15.4. The van der Waals surface area contributed by atoms with Crippen LogP contribution in [0, 0.1) is 6.92 Å². The van der Waals surface area contributed by atoms with Crippen LogP contribution in [0.15, 0.2) is 47.4 Å². The van der Waals surface area contributed by atoms with E-state index in [0.29, 0.717) is 17.0 Å². The fourth-order valence-corrected chi connectivity index (χ4v) is 3.60. The number of para-hydroxylation sites is 1. The highest BCUT2D eigenvalue weighted by Gasteiger charge is 2.17. The van der Waals surface area contributed by atoms with Gasteiger partial charge in [-0.2, -0.15) is 0 Å². The maximum Gasteiger partial charge on any atom is 0.264 e. The first-order valence-electron chi connectivity index (χ1n) is 8.03. The number of aryl methyl sites for hydroxylation is 1. The Bertz CT molecular complexity index is 1020. The number of benzene rings is 2. The third kappa shape index (κ3) is 5.27. The number of thiocarbonyl (C=S) groups is 1. The van der Waals surface area contributed by atoms with Crippen molar-refractivity contribution in [2.24, 2.45) is 0 Å². The smallest absolute Gasteiger partial charge is 0.264 e. The SMILES string of the molecule is COc1c(C)cccc1C(=O)NC(=S)Nc1ccc(S(=O)(=O)NC(C)=O)cc1. The van der Waals surface area contributed by atoms with Crippen molar-refractivity contribution in [2.45, 2.75) is 18.7 Å². The van der Waals surface area contributed by atoms with Gasteiger partial charge in [0.25, 0.3) is 15.9 Å². The van der Waals surface area contributed by atoms with Crippen LogP contribution in [0.3, 0.4) is 0 Å². The number of hydrogen-bond acceptors (Lipinski definition) is 6. The second-order valence-corrected chi connectivity index (χ2v) is 7.84. The van der Waals surface area contributed by atoms with E-state index in [4.69, 9.17) is 17.0 Å². The lowest BCUT2D eigenvalue weighted by Gasteiger charge is -2.13. The van der Waals surface area contributed by atoms with E-state index in [1.807, 2.05) is 17.7 Å². The standard InChI is InChI=1S/C18H19N3O5S2/c1-11-5-4-6-15(16(11)26-3)17(23)20-18(27)19-13-7-9-14(10-8-13)28(24,25)21-12(2)22/h4-10H,1-3H3,(H,21,22)(H2,19,20,23,27). The van der Waals surface area contributed by atoms with Crippen molar-refractivity contribution < 1.29 is 22.7 Å². The van der Waals surface area contributed by atoms with E-state index in [1.54, 1.807) is 12.1 Å². The minimum Gasteiger partial charge on any atom is -0.496 e. The van der Waals surface area contributed by atoms with Crippen molar-refractivity contribution >= 4 is 44.9 Å². The summed E-state index contributed by atoms with van der Waals surface area (Å²) in [7, 11) is -2.44. The summed E-state index contributed by atoms with van der Waals surface area (Å²) in [5.74, 6) is -0.670. The number of ether oxygens (including phenoxy) is 1. The van der Waals surface area contributed by atoms with Crippen LogP contribution < -0.4 is 20.1 Å². The van der Waals surface area contributed by atoms with Gasteiger partial charge in [-0.15, -0.1) is 0 Å². The second-order valence-electron chi connectivity index (χ2n) is 5.75. The molecule has 10 heteroatoms. The minimum atomic E-state index is -3.92. The van der Waals surface area contributed by atoms with Gasteiger partial charge in [0.2, 0.25) is 5.91 Å². The fraction of sp³-hybridized carbons (Fsp3) is 0.167. The lowest BCUT2D eigenvalue weighted by atomic mass is 10.1. The van der Waals surface area contributed by atoms with Crippen LogP contribution in [0.1, 0.15) is 22.8 Å². The lowest BCUT2D eigenvalue weighted by molar-refractivity contribution is -0.117. The Balaban J connectivity index is 2.07. The number of hydrogen-bond donors (Lipinski definition) is 3. The summed E-state index contributed by atoms with van der Waals surface area (Å²) in [6.07, 6.45) is 0. The van der Waals surface area contributed by atoms with E-state index in [0.717, 1.165) is 12.5 Å². The first kappa shape index (κ1) is 21.3. The van der Waals surface area contributed by atoms with Crippen molar-refractivity contribution in [3.8, 4) is 5.75 Å². The second kappa shape index (κ2) is 8.81. The molecule has 0 aliphatic heterocycles. The molecule has 0 saturated carbocycles. The van der Waals surface area contributed by atoms with Gasteiger partial charge in [0.05, 0.1) is 17.6 Å². The third-order valence-electron chi connectivity index (χ3n) is 3.59. The number of methoxy groups -OCH3 is 1. The molecule has 28 heavy (non-hydrogen) atoms. The molecule has 0 aromatic heterocycles. The normalized spacial score (nSPS) is 10.7. The lowest BCUT2D eigenvalue weighted by Crippen LogP contribution is -2.34. The Morgan fingerprint density at radius 1 is 1.07 bits per heavy atom. The summed E-state index contributed by atoms with van der Waals surface area (Å²) in [4.78, 5) is 23.3. The van der Waals surface area contributed by atoms with Crippen molar-refractivity contribution in [1.82, 2.24) is 10.0 Å². The van der Waals surface area contributed by atoms with Gasteiger partial charge in [0.15, 0.2) is 5.11 Å².